The average Bonchev–Trinajstić information content (AvgIpc) is 2.50. The van der Waals surface area contributed by atoms with E-state index in [4.69, 9.17) is 26.8 Å². The molecule has 5 heteroatoms. The molecule has 0 heterocycles. The van der Waals surface area contributed by atoms with E-state index >= 15 is 0 Å². The Morgan fingerprint density at radius 1 is 1.19 bits per heavy atom. The van der Waals surface area contributed by atoms with Crippen LogP contribution in [0.3, 0.4) is 0 Å². The van der Waals surface area contributed by atoms with Crippen LogP contribution in [0.4, 0.5) is 4.39 Å². The highest BCUT2D eigenvalue weighted by Gasteiger charge is 2.15. The van der Waals surface area contributed by atoms with Crippen molar-refractivity contribution in [1.29, 1.82) is 0 Å². The smallest absolute Gasteiger partial charge is 0.141 e. The molecule has 0 aliphatic heterocycles. The summed E-state index contributed by atoms with van der Waals surface area (Å²) in [5.41, 5.74) is 7.79. The van der Waals surface area contributed by atoms with Crippen LogP contribution in [-0.4, -0.2) is 20.3 Å². The molecule has 2 rings (SSSR count). The van der Waals surface area contributed by atoms with Gasteiger partial charge in [-0.05, 0) is 23.8 Å². The molecule has 2 aromatic rings. The van der Waals surface area contributed by atoms with Crippen molar-refractivity contribution in [1.82, 2.24) is 0 Å². The predicted molar refractivity (Wildman–Crippen MR) is 81.3 cm³/mol. The number of hydrogen-bond donors (Lipinski definition) is 1. The quantitative estimate of drug-likeness (QED) is 0.830. The third kappa shape index (κ3) is 3.94. The highest BCUT2D eigenvalue weighted by molar-refractivity contribution is 6.30. The minimum atomic E-state index is -0.461. The first-order valence-corrected chi connectivity index (χ1v) is 6.92. The molecule has 1 atom stereocenters. The second kappa shape index (κ2) is 7.41. The minimum Gasteiger partial charge on any atom is -0.491 e. The van der Waals surface area contributed by atoms with Gasteiger partial charge in [0.2, 0.25) is 0 Å². The average molecular weight is 310 g/mol. The molecule has 2 aromatic carbocycles. The number of nitrogens with two attached hydrogens (primary N) is 1. The van der Waals surface area contributed by atoms with E-state index in [1.165, 1.54) is 12.1 Å². The number of para-hydroxylation sites is 1. The van der Waals surface area contributed by atoms with Gasteiger partial charge in [0.25, 0.3) is 0 Å². The lowest BCUT2D eigenvalue weighted by molar-refractivity contribution is 0.145. The van der Waals surface area contributed by atoms with Gasteiger partial charge in [-0.1, -0.05) is 35.9 Å². The van der Waals surface area contributed by atoms with Crippen LogP contribution in [0.15, 0.2) is 42.5 Å². The van der Waals surface area contributed by atoms with Crippen molar-refractivity contribution in [3.63, 3.8) is 0 Å². The molecule has 2 N–H and O–H groups in total. The van der Waals surface area contributed by atoms with Crippen LogP contribution in [0, 0.1) is 5.82 Å². The van der Waals surface area contributed by atoms with Crippen LogP contribution in [0.2, 0.25) is 5.02 Å². The Hall–Kier alpha value is -1.62. The molecule has 0 bridgehead atoms. The third-order valence-corrected chi connectivity index (χ3v) is 3.39. The van der Waals surface area contributed by atoms with Gasteiger partial charge >= 0.3 is 0 Å². The Balaban J connectivity index is 2.25. The maximum absolute atomic E-state index is 13.2. The summed E-state index contributed by atoms with van der Waals surface area (Å²) < 4.78 is 23.9. The Kier molecular flexibility index (Phi) is 5.56. The number of halogens is 2. The first kappa shape index (κ1) is 15.8. The molecule has 0 aliphatic rings. The molecule has 0 aromatic heterocycles. The lowest BCUT2D eigenvalue weighted by Gasteiger charge is -2.17. The molecule has 21 heavy (non-hydrogen) atoms. The molecule has 0 fully saturated rings. The van der Waals surface area contributed by atoms with Crippen molar-refractivity contribution >= 4 is 11.6 Å². The fourth-order valence-corrected chi connectivity index (χ4v) is 2.18. The van der Waals surface area contributed by atoms with E-state index in [1.54, 1.807) is 13.2 Å². The Morgan fingerprint density at radius 2 is 1.95 bits per heavy atom. The highest BCUT2D eigenvalue weighted by atomic mass is 35.5. The van der Waals surface area contributed by atoms with Crippen LogP contribution < -0.4 is 10.5 Å². The minimum absolute atomic E-state index is 0.0562. The van der Waals surface area contributed by atoms with Gasteiger partial charge in [0.05, 0.1) is 17.7 Å². The van der Waals surface area contributed by atoms with Crippen molar-refractivity contribution in [2.45, 2.75) is 6.04 Å². The van der Waals surface area contributed by atoms with E-state index in [1.807, 2.05) is 24.3 Å². The van der Waals surface area contributed by atoms with E-state index in [0.29, 0.717) is 19.0 Å². The fourth-order valence-electron chi connectivity index (χ4n) is 1.99. The zero-order valence-corrected chi connectivity index (χ0v) is 12.4. The molecule has 0 spiro atoms. The summed E-state index contributed by atoms with van der Waals surface area (Å²) in [6, 6.07) is 11.5. The van der Waals surface area contributed by atoms with E-state index in [2.05, 4.69) is 0 Å². The molecule has 0 saturated carbocycles. The van der Waals surface area contributed by atoms with Crippen molar-refractivity contribution in [2.75, 3.05) is 20.3 Å². The van der Waals surface area contributed by atoms with Crippen molar-refractivity contribution in [2.24, 2.45) is 5.73 Å². The molecule has 0 saturated heterocycles. The second-order valence-electron chi connectivity index (χ2n) is 4.53. The summed E-state index contributed by atoms with van der Waals surface area (Å²) >= 11 is 5.81. The summed E-state index contributed by atoms with van der Waals surface area (Å²) in [6.45, 7) is 0.927. The normalized spacial score (nSPS) is 12.2. The predicted octanol–water partition coefficient (Wildman–Crippen LogP) is 3.55. The van der Waals surface area contributed by atoms with Gasteiger partial charge in [0, 0.05) is 12.7 Å². The molecule has 1 unspecified atom stereocenters. The number of benzene rings is 2. The van der Waals surface area contributed by atoms with Gasteiger partial charge in [-0.2, -0.15) is 0 Å². The van der Waals surface area contributed by atoms with Gasteiger partial charge in [0.1, 0.15) is 18.2 Å². The fraction of sp³-hybridized carbons (Fsp3) is 0.250. The van der Waals surface area contributed by atoms with E-state index in [0.717, 1.165) is 11.1 Å². The lowest BCUT2D eigenvalue weighted by Crippen LogP contribution is -2.14. The first-order chi connectivity index (χ1) is 10.1. The topological polar surface area (TPSA) is 44.5 Å². The van der Waals surface area contributed by atoms with E-state index in [9.17, 15) is 4.39 Å². The van der Waals surface area contributed by atoms with Crippen LogP contribution in [-0.2, 0) is 4.74 Å². The maximum Gasteiger partial charge on any atom is 0.141 e. The summed E-state index contributed by atoms with van der Waals surface area (Å²) in [7, 11) is 1.61. The molecule has 0 radical (unpaired) electrons. The second-order valence-corrected chi connectivity index (χ2v) is 4.94. The molecule has 3 nitrogen and oxygen atoms in total. The van der Waals surface area contributed by atoms with Crippen LogP contribution in [0.5, 0.6) is 5.75 Å². The molecule has 0 aliphatic carbocycles. The Bertz CT molecular complexity index is 607. The van der Waals surface area contributed by atoms with Gasteiger partial charge in [-0.15, -0.1) is 0 Å². The van der Waals surface area contributed by atoms with Crippen molar-refractivity contribution in [3.8, 4) is 5.75 Å². The van der Waals surface area contributed by atoms with Crippen LogP contribution >= 0.6 is 11.6 Å². The number of ether oxygens (including phenoxy) is 2. The Labute approximate surface area is 128 Å². The zero-order valence-electron chi connectivity index (χ0n) is 11.7. The van der Waals surface area contributed by atoms with E-state index in [-0.39, 0.29) is 5.02 Å². The zero-order chi connectivity index (χ0) is 15.2. The van der Waals surface area contributed by atoms with Gasteiger partial charge in [-0.25, -0.2) is 4.39 Å². The largest absolute Gasteiger partial charge is 0.491 e. The maximum atomic E-state index is 13.2. The number of methoxy groups -OCH3 is 1. The highest BCUT2D eigenvalue weighted by Crippen LogP contribution is 2.30. The summed E-state index contributed by atoms with van der Waals surface area (Å²) in [6.07, 6.45) is 0. The van der Waals surface area contributed by atoms with Gasteiger partial charge in [0.15, 0.2) is 0 Å². The standard InChI is InChI=1S/C16H17ClFNO2/c1-20-8-9-21-15-5-3-2-4-12(15)16(19)11-6-7-14(18)13(17)10-11/h2-7,10,16H,8-9,19H2,1H3. The summed E-state index contributed by atoms with van der Waals surface area (Å²) in [5.74, 6) is 0.222. The van der Waals surface area contributed by atoms with Crippen molar-refractivity contribution < 1.29 is 13.9 Å². The molecule has 112 valence electrons. The first-order valence-electron chi connectivity index (χ1n) is 6.54. The van der Waals surface area contributed by atoms with Crippen LogP contribution in [0.1, 0.15) is 17.2 Å². The summed E-state index contributed by atoms with van der Waals surface area (Å²) in [4.78, 5) is 0. The number of hydrogen-bond acceptors (Lipinski definition) is 3. The van der Waals surface area contributed by atoms with E-state index < -0.39 is 11.9 Å². The summed E-state index contributed by atoms with van der Waals surface area (Å²) in [5, 5.41) is 0.0562. The lowest BCUT2D eigenvalue weighted by atomic mass is 9.99. The Morgan fingerprint density at radius 3 is 2.67 bits per heavy atom. The van der Waals surface area contributed by atoms with Gasteiger partial charge in [-0.3, -0.25) is 0 Å². The molecule has 0 amide bonds. The van der Waals surface area contributed by atoms with Crippen molar-refractivity contribution in [3.05, 3.63) is 64.4 Å². The molecular formula is C16H17ClFNO2. The number of rotatable bonds is 6. The van der Waals surface area contributed by atoms with Crippen LogP contribution in [0.25, 0.3) is 0 Å². The SMILES string of the molecule is COCCOc1ccccc1C(N)c1ccc(F)c(Cl)c1. The van der Waals surface area contributed by atoms with Gasteiger partial charge < -0.3 is 15.2 Å². The monoisotopic (exact) mass is 309 g/mol. The third-order valence-electron chi connectivity index (χ3n) is 3.10. The molecular weight excluding hydrogens is 293 g/mol.